The summed E-state index contributed by atoms with van der Waals surface area (Å²) in [5.74, 6) is -0.654. The minimum Gasteiger partial charge on any atom is -0.408 e. The van der Waals surface area contributed by atoms with Gasteiger partial charge in [0.05, 0.1) is 16.5 Å². The largest absolute Gasteiger partial charge is 0.417 e. The van der Waals surface area contributed by atoms with E-state index in [2.05, 4.69) is 4.98 Å². The van der Waals surface area contributed by atoms with Crippen molar-refractivity contribution in [2.24, 2.45) is 0 Å². The molecule has 1 heterocycles. The van der Waals surface area contributed by atoms with Gasteiger partial charge in [-0.25, -0.2) is 13.2 Å². The van der Waals surface area contributed by atoms with Gasteiger partial charge in [0.2, 0.25) is 0 Å². The van der Waals surface area contributed by atoms with Crippen LogP contribution < -0.4 is 5.76 Å². The highest BCUT2D eigenvalue weighted by Gasteiger charge is 2.36. The number of nitriles is 1. The number of hydrogen-bond acceptors (Lipinski definition) is 5. The van der Waals surface area contributed by atoms with Crippen molar-refractivity contribution in [2.75, 3.05) is 0 Å². The smallest absolute Gasteiger partial charge is 0.408 e. The van der Waals surface area contributed by atoms with Gasteiger partial charge in [-0.3, -0.25) is 4.98 Å². The Labute approximate surface area is 103 Å². The van der Waals surface area contributed by atoms with Gasteiger partial charge in [-0.05, 0) is 32.0 Å². The highest BCUT2D eigenvalue weighted by atomic mass is 32.2. The lowest BCUT2D eigenvalue weighted by Crippen LogP contribution is -2.29. The van der Waals surface area contributed by atoms with Crippen LogP contribution in [0.5, 0.6) is 0 Å². The Morgan fingerprint density at radius 2 is 2.06 bits per heavy atom. The maximum atomic E-state index is 12.2. The van der Waals surface area contributed by atoms with Crippen LogP contribution in [0.25, 0.3) is 11.1 Å². The summed E-state index contributed by atoms with van der Waals surface area (Å²) in [4.78, 5) is 13.3. The van der Waals surface area contributed by atoms with Crippen molar-refractivity contribution in [3.05, 3.63) is 28.7 Å². The van der Waals surface area contributed by atoms with E-state index in [4.69, 9.17) is 9.68 Å². The fraction of sp³-hybridized carbons (Fsp3) is 0.273. The van der Waals surface area contributed by atoms with E-state index in [1.54, 1.807) is 6.07 Å². The summed E-state index contributed by atoms with van der Waals surface area (Å²) in [5, 5.41) is 8.90. The normalized spacial score (nSPS) is 12.5. The molecule has 1 aromatic heterocycles. The first kappa shape index (κ1) is 12.4. The third-order valence-electron chi connectivity index (χ3n) is 2.64. The Morgan fingerprint density at radius 1 is 1.39 bits per heavy atom. The van der Waals surface area contributed by atoms with Crippen molar-refractivity contribution >= 4 is 20.9 Å². The summed E-state index contributed by atoms with van der Waals surface area (Å²) in [7, 11) is -3.80. The molecule has 0 saturated carbocycles. The lowest BCUT2D eigenvalue weighted by molar-refractivity contribution is 0.555. The highest BCUT2D eigenvalue weighted by molar-refractivity contribution is 7.93. The number of nitrogens with one attached hydrogen (secondary N) is 1. The number of rotatable bonds is 2. The average molecular weight is 266 g/mol. The quantitative estimate of drug-likeness (QED) is 0.879. The number of hydrogen-bond donors (Lipinski definition) is 1. The molecule has 0 radical (unpaired) electrons. The third kappa shape index (κ3) is 1.71. The summed E-state index contributed by atoms with van der Waals surface area (Å²) in [6.07, 6.45) is 0. The number of nitrogens with zero attached hydrogens (tertiary/aromatic N) is 1. The van der Waals surface area contributed by atoms with Crippen molar-refractivity contribution in [2.45, 2.75) is 23.5 Å². The summed E-state index contributed by atoms with van der Waals surface area (Å²) in [6, 6.07) is 5.73. The highest BCUT2D eigenvalue weighted by Crippen LogP contribution is 2.26. The lowest BCUT2D eigenvalue weighted by Gasteiger charge is -2.16. The Hall–Kier alpha value is -2.07. The van der Waals surface area contributed by atoms with Gasteiger partial charge in [0.1, 0.15) is 0 Å². The lowest BCUT2D eigenvalue weighted by atomic mass is 10.2. The molecule has 6 nitrogen and oxygen atoms in total. The summed E-state index contributed by atoms with van der Waals surface area (Å²) < 4.78 is 27.6. The average Bonchev–Trinajstić information content (AvgIpc) is 2.67. The molecule has 94 valence electrons. The standard InChI is InChI=1S/C11H10N2O4S/c1-11(2,6-12)18(15,16)7-3-4-9-8(5-7)13-10(14)17-9/h3-5H,1-2H3,(H,13,14). The SMILES string of the molecule is CC(C)(C#N)S(=O)(=O)c1ccc2oc(=O)[nH]c2c1. The first-order valence-corrected chi connectivity index (χ1v) is 6.55. The third-order valence-corrected chi connectivity index (χ3v) is 4.95. The molecule has 2 aromatic rings. The second-order valence-electron chi connectivity index (χ2n) is 4.30. The van der Waals surface area contributed by atoms with Gasteiger partial charge in [-0.1, -0.05) is 0 Å². The zero-order valence-electron chi connectivity index (χ0n) is 9.72. The van der Waals surface area contributed by atoms with Crippen LogP contribution in [-0.4, -0.2) is 18.1 Å². The molecule has 0 atom stereocenters. The molecule has 1 N–H and O–H groups in total. The van der Waals surface area contributed by atoms with Crippen molar-refractivity contribution in [1.82, 2.24) is 4.98 Å². The van der Waals surface area contributed by atoms with Crippen LogP contribution in [0.2, 0.25) is 0 Å². The number of aromatic nitrogens is 1. The molecule has 0 saturated heterocycles. The van der Waals surface area contributed by atoms with Crippen molar-refractivity contribution in [3.8, 4) is 6.07 Å². The molecule has 0 spiro atoms. The van der Waals surface area contributed by atoms with E-state index in [-0.39, 0.29) is 16.0 Å². The molecule has 0 aliphatic rings. The van der Waals surface area contributed by atoms with Crippen molar-refractivity contribution in [3.63, 3.8) is 0 Å². The topological polar surface area (TPSA) is 104 Å². The van der Waals surface area contributed by atoms with Crippen LogP contribution in [0.4, 0.5) is 0 Å². The Bertz CT molecular complexity index is 805. The van der Waals surface area contributed by atoms with E-state index in [1.165, 1.54) is 32.0 Å². The van der Waals surface area contributed by atoms with Gasteiger partial charge in [-0.15, -0.1) is 0 Å². The molecule has 2 rings (SSSR count). The van der Waals surface area contributed by atoms with E-state index in [0.717, 1.165) is 0 Å². The maximum Gasteiger partial charge on any atom is 0.417 e. The predicted octanol–water partition coefficient (Wildman–Crippen LogP) is 1.20. The van der Waals surface area contributed by atoms with Crippen LogP contribution in [0.15, 0.2) is 32.3 Å². The molecule has 7 heteroatoms. The number of aromatic amines is 1. The first-order chi connectivity index (χ1) is 8.28. The summed E-state index contributed by atoms with van der Waals surface area (Å²) in [5.41, 5.74) is 0.559. The summed E-state index contributed by atoms with van der Waals surface area (Å²) in [6.45, 7) is 2.65. The van der Waals surface area contributed by atoms with Gasteiger partial charge in [-0.2, -0.15) is 5.26 Å². The Kier molecular flexibility index (Phi) is 2.56. The van der Waals surface area contributed by atoms with Crippen LogP contribution in [0.1, 0.15) is 13.8 Å². The molecule has 0 bridgehead atoms. The molecule has 0 amide bonds. The number of fused-ring (bicyclic) bond motifs is 1. The van der Waals surface area contributed by atoms with Crippen LogP contribution in [0, 0.1) is 11.3 Å². The zero-order valence-corrected chi connectivity index (χ0v) is 10.5. The minimum atomic E-state index is -3.80. The second kappa shape index (κ2) is 3.71. The van der Waals surface area contributed by atoms with Gasteiger partial charge in [0, 0.05) is 0 Å². The van der Waals surface area contributed by atoms with E-state index in [1.807, 2.05) is 0 Å². The van der Waals surface area contributed by atoms with Gasteiger partial charge < -0.3 is 4.42 Å². The van der Waals surface area contributed by atoms with Crippen LogP contribution >= 0.6 is 0 Å². The molecule has 18 heavy (non-hydrogen) atoms. The molecule has 0 fully saturated rings. The van der Waals surface area contributed by atoms with Gasteiger partial charge in [0.25, 0.3) is 0 Å². The first-order valence-electron chi connectivity index (χ1n) is 5.07. The molecule has 0 aliphatic heterocycles. The molecule has 0 unspecified atom stereocenters. The Morgan fingerprint density at radius 3 is 2.67 bits per heavy atom. The summed E-state index contributed by atoms with van der Waals surface area (Å²) >= 11 is 0. The van der Waals surface area contributed by atoms with Crippen molar-refractivity contribution < 1.29 is 12.8 Å². The predicted molar refractivity (Wildman–Crippen MR) is 63.7 cm³/mol. The molecule has 1 aromatic carbocycles. The number of sulfone groups is 1. The number of benzene rings is 1. The van der Waals surface area contributed by atoms with E-state index >= 15 is 0 Å². The maximum absolute atomic E-state index is 12.2. The minimum absolute atomic E-state index is 0.0291. The fourth-order valence-corrected chi connectivity index (χ4v) is 2.68. The van der Waals surface area contributed by atoms with Crippen molar-refractivity contribution in [1.29, 1.82) is 5.26 Å². The Balaban J connectivity index is 2.69. The van der Waals surface area contributed by atoms with E-state index in [9.17, 15) is 13.2 Å². The fourth-order valence-electron chi connectivity index (χ4n) is 1.45. The van der Waals surface area contributed by atoms with Crippen LogP contribution in [0.3, 0.4) is 0 Å². The number of oxazole rings is 1. The van der Waals surface area contributed by atoms with Crippen LogP contribution in [-0.2, 0) is 9.84 Å². The number of H-pyrrole nitrogens is 1. The second-order valence-corrected chi connectivity index (χ2v) is 6.80. The monoisotopic (exact) mass is 266 g/mol. The van der Waals surface area contributed by atoms with E-state index < -0.39 is 20.3 Å². The molecule has 0 aliphatic carbocycles. The van der Waals surface area contributed by atoms with Gasteiger partial charge >= 0.3 is 5.76 Å². The van der Waals surface area contributed by atoms with Gasteiger partial charge in [0.15, 0.2) is 20.2 Å². The molecular formula is C11H10N2O4S. The van der Waals surface area contributed by atoms with E-state index in [0.29, 0.717) is 0 Å². The zero-order chi connectivity index (χ0) is 13.6. The molecular weight excluding hydrogens is 256 g/mol.